The van der Waals surface area contributed by atoms with Gasteiger partial charge in [0.05, 0.1) is 0 Å². The number of carbonyl (C=O) groups excluding carboxylic acids is 2. The Hall–Kier alpha value is -3.37. The molecule has 116 valence electrons. The molecule has 1 rings (SSSR count). The number of carboxylic acid groups (broad SMARTS) is 2. The Kier molecular flexibility index (Phi) is 11.1. The highest BCUT2D eigenvalue weighted by Crippen LogP contribution is 1.81. The van der Waals surface area contributed by atoms with Crippen LogP contribution in [0.15, 0.2) is 30.6 Å². The molecule has 21 heavy (non-hydrogen) atoms. The van der Waals surface area contributed by atoms with E-state index >= 15 is 0 Å². The maximum Gasteiger partial charge on any atom is 0.412 e. The molecule has 11 nitrogen and oxygen atoms in total. The highest BCUT2D eigenvalue weighted by Gasteiger charge is 2.14. The first kappa shape index (κ1) is 20.0. The third kappa shape index (κ3) is 16.6. The fourth-order valence-electron chi connectivity index (χ4n) is 0.588. The van der Waals surface area contributed by atoms with Gasteiger partial charge < -0.3 is 21.7 Å². The van der Waals surface area contributed by atoms with E-state index in [9.17, 15) is 14.4 Å². The van der Waals surface area contributed by atoms with Crippen LogP contribution in [0.1, 0.15) is 0 Å². The van der Waals surface area contributed by atoms with Crippen molar-refractivity contribution in [2.24, 2.45) is 11.5 Å². The summed E-state index contributed by atoms with van der Waals surface area (Å²) < 4.78 is 0. The Balaban J connectivity index is 0. The van der Waals surface area contributed by atoms with Gasteiger partial charge in [-0.15, -0.1) is 0 Å². The van der Waals surface area contributed by atoms with Crippen LogP contribution in [-0.2, 0) is 0 Å². The van der Waals surface area contributed by atoms with Crippen LogP contribution in [0, 0.1) is 0 Å². The van der Waals surface area contributed by atoms with E-state index in [4.69, 9.17) is 15.0 Å². The first-order valence-electron chi connectivity index (χ1n) is 5.09. The molecule has 7 N–H and O–H groups in total. The number of pyridine rings is 1. The number of nitrogens with zero attached hydrogens (tertiary/aromatic N) is 2. The lowest BCUT2D eigenvalue weighted by molar-refractivity contribution is 0.181. The molecule has 6 amide bonds. The van der Waals surface area contributed by atoms with E-state index < -0.39 is 24.2 Å². The summed E-state index contributed by atoms with van der Waals surface area (Å²) in [5.41, 5.74) is 8.67. The normalized spacial score (nSPS) is 7.86. The number of hydrogen-bond donors (Lipinski definition) is 5. The van der Waals surface area contributed by atoms with E-state index in [1.165, 1.54) is 5.32 Å². The first-order chi connectivity index (χ1) is 9.68. The molecule has 0 spiro atoms. The Bertz CT molecular complexity index is 436. The number of nitrogens with two attached hydrogens (primary N) is 2. The van der Waals surface area contributed by atoms with Crippen molar-refractivity contribution in [2.75, 3.05) is 7.05 Å². The lowest BCUT2D eigenvalue weighted by Crippen LogP contribution is -2.45. The van der Waals surface area contributed by atoms with E-state index in [0.29, 0.717) is 4.90 Å². The molecule has 0 atom stereocenters. The lowest BCUT2D eigenvalue weighted by Gasteiger charge is -2.09. The topological polar surface area (TPSA) is 189 Å². The van der Waals surface area contributed by atoms with E-state index in [1.807, 2.05) is 18.2 Å². The summed E-state index contributed by atoms with van der Waals surface area (Å²) in [6.07, 6.45) is 0.628. The zero-order valence-corrected chi connectivity index (χ0v) is 11.0. The van der Waals surface area contributed by atoms with Gasteiger partial charge in [0.15, 0.2) is 0 Å². The molecule has 0 saturated carbocycles. The van der Waals surface area contributed by atoms with Gasteiger partial charge in [0.2, 0.25) is 0 Å². The van der Waals surface area contributed by atoms with Crippen LogP contribution in [-0.4, -0.2) is 51.4 Å². The molecule has 1 aromatic rings. The van der Waals surface area contributed by atoms with Crippen LogP contribution in [0.25, 0.3) is 0 Å². The second-order valence-corrected chi connectivity index (χ2v) is 3.00. The first-order valence-corrected chi connectivity index (χ1v) is 5.09. The zero-order valence-electron chi connectivity index (χ0n) is 11.0. The van der Waals surface area contributed by atoms with Gasteiger partial charge in [0.25, 0.3) is 0 Å². The summed E-state index contributed by atoms with van der Waals surface area (Å²) in [7, 11) is 1.06. The maximum atomic E-state index is 10.5. The van der Waals surface area contributed by atoms with E-state index in [-0.39, 0.29) is 0 Å². The monoisotopic (exact) mass is 301 g/mol. The van der Waals surface area contributed by atoms with Gasteiger partial charge in [-0.2, -0.15) is 0 Å². The number of hydrogen-bond acceptors (Lipinski definition) is 5. The van der Waals surface area contributed by atoms with Gasteiger partial charge in [0.1, 0.15) is 0 Å². The average molecular weight is 301 g/mol. The molecule has 0 aliphatic carbocycles. The Labute approximate surface area is 119 Å². The number of primary amides is 2. The van der Waals surface area contributed by atoms with Crippen molar-refractivity contribution >= 4 is 24.2 Å². The van der Waals surface area contributed by atoms with E-state index in [1.54, 1.807) is 12.4 Å². The molecule has 0 aliphatic heterocycles. The molecular formula is C10H15N5O6. The predicted octanol–water partition coefficient (Wildman–Crippen LogP) is 0.0892. The Morgan fingerprint density at radius 2 is 1.48 bits per heavy atom. The molecule has 0 fully saturated rings. The van der Waals surface area contributed by atoms with Crippen LogP contribution in [0.2, 0.25) is 0 Å². The highest BCUT2D eigenvalue weighted by molar-refractivity contribution is 5.98. The summed E-state index contributed by atoms with van der Waals surface area (Å²) >= 11 is 0. The molecule has 0 bridgehead atoms. The number of imide groups is 2. The minimum Gasteiger partial charge on any atom is -0.465 e. The van der Waals surface area contributed by atoms with Crippen molar-refractivity contribution in [3.05, 3.63) is 30.6 Å². The molecule has 0 aliphatic rings. The number of amides is 6. The molecule has 0 saturated heterocycles. The fraction of sp³-hybridized carbons (Fsp3) is 0.100. The summed E-state index contributed by atoms with van der Waals surface area (Å²) in [6, 6.07) is 3.61. The lowest BCUT2D eigenvalue weighted by atomic mass is 10.5. The van der Waals surface area contributed by atoms with Crippen LogP contribution in [0.5, 0.6) is 0 Å². The standard InChI is InChI=1S/C5H5N.C4H7N3O4.CH3NO2/c1-2-4-6-5-3-1;1-7(2(5)8)3(9)6-4(10)11;2-1(3)4/h1-5H;1H3,(H2,5,8)(H,6,9)(H,10,11);2H2,(H,3,4). The molecule has 0 aromatic carbocycles. The number of aromatic nitrogens is 1. The average Bonchev–Trinajstić information content (AvgIpc) is 2.39. The Morgan fingerprint density at radius 1 is 1.05 bits per heavy atom. The molecule has 1 aromatic heterocycles. The van der Waals surface area contributed by atoms with E-state index in [2.05, 4.69) is 16.5 Å². The highest BCUT2D eigenvalue weighted by atomic mass is 16.4. The van der Waals surface area contributed by atoms with Gasteiger partial charge in [-0.3, -0.25) is 4.98 Å². The van der Waals surface area contributed by atoms with Crippen molar-refractivity contribution in [1.82, 2.24) is 15.2 Å². The molecular weight excluding hydrogens is 286 g/mol. The van der Waals surface area contributed by atoms with Crippen molar-refractivity contribution in [3.63, 3.8) is 0 Å². The van der Waals surface area contributed by atoms with Gasteiger partial charge in [-0.05, 0) is 12.1 Å². The van der Waals surface area contributed by atoms with Crippen LogP contribution in [0.3, 0.4) is 0 Å². The summed E-state index contributed by atoms with van der Waals surface area (Å²) in [5, 5.41) is 16.6. The summed E-state index contributed by atoms with van der Waals surface area (Å²) in [4.78, 5) is 43.6. The van der Waals surface area contributed by atoms with Gasteiger partial charge in [-0.25, -0.2) is 29.4 Å². The molecule has 0 radical (unpaired) electrons. The second kappa shape index (κ2) is 11.7. The van der Waals surface area contributed by atoms with Crippen LogP contribution >= 0.6 is 0 Å². The predicted molar refractivity (Wildman–Crippen MR) is 70.4 cm³/mol. The minimum atomic E-state index is -1.54. The van der Waals surface area contributed by atoms with Gasteiger partial charge in [0, 0.05) is 19.4 Å². The number of rotatable bonds is 0. The van der Waals surface area contributed by atoms with Crippen LogP contribution < -0.4 is 16.8 Å². The van der Waals surface area contributed by atoms with Gasteiger partial charge >= 0.3 is 24.2 Å². The second-order valence-electron chi connectivity index (χ2n) is 3.00. The molecule has 0 unspecified atom stereocenters. The SMILES string of the molecule is CN(C(N)=O)C(=O)NC(=O)O.NC(=O)O.c1ccncc1. The summed E-state index contributed by atoms with van der Waals surface area (Å²) in [6.45, 7) is 0. The van der Waals surface area contributed by atoms with Crippen molar-refractivity contribution < 1.29 is 29.4 Å². The van der Waals surface area contributed by atoms with Crippen molar-refractivity contribution in [1.29, 1.82) is 0 Å². The smallest absolute Gasteiger partial charge is 0.412 e. The largest absolute Gasteiger partial charge is 0.465 e. The maximum absolute atomic E-state index is 10.5. The third-order valence-corrected chi connectivity index (χ3v) is 1.42. The molecule has 1 heterocycles. The van der Waals surface area contributed by atoms with Crippen molar-refractivity contribution in [2.45, 2.75) is 0 Å². The molecule has 11 heteroatoms. The zero-order chi connectivity index (χ0) is 16.8. The number of nitrogens with one attached hydrogen (secondary N) is 1. The summed E-state index contributed by atoms with van der Waals surface area (Å²) in [5.74, 6) is 0. The minimum absolute atomic E-state index is 0.439. The fourth-order valence-corrected chi connectivity index (χ4v) is 0.588. The third-order valence-electron chi connectivity index (χ3n) is 1.42. The van der Waals surface area contributed by atoms with Crippen molar-refractivity contribution in [3.8, 4) is 0 Å². The Morgan fingerprint density at radius 3 is 1.67 bits per heavy atom. The van der Waals surface area contributed by atoms with E-state index in [0.717, 1.165) is 7.05 Å². The van der Waals surface area contributed by atoms with Gasteiger partial charge in [-0.1, -0.05) is 6.07 Å². The quantitative estimate of drug-likeness (QED) is 0.448. The number of urea groups is 2. The number of carbonyl (C=O) groups is 4. The van der Waals surface area contributed by atoms with Crippen LogP contribution in [0.4, 0.5) is 19.2 Å².